The van der Waals surface area contributed by atoms with Crippen molar-refractivity contribution in [2.45, 2.75) is 18.8 Å². The number of pyridine rings is 1. The molecule has 0 aliphatic carbocycles. The van der Waals surface area contributed by atoms with Gasteiger partial charge in [0.15, 0.2) is 0 Å². The van der Waals surface area contributed by atoms with E-state index in [9.17, 15) is 4.79 Å². The van der Waals surface area contributed by atoms with Crippen LogP contribution in [0.3, 0.4) is 0 Å². The number of nitrogens with zero attached hydrogens (tertiary/aromatic N) is 1. The van der Waals surface area contributed by atoms with E-state index in [1.165, 1.54) is 5.56 Å². The van der Waals surface area contributed by atoms with E-state index in [1.807, 2.05) is 60.7 Å². The quantitative estimate of drug-likeness (QED) is 0.314. The largest absolute Gasteiger partial charge is 0.473 e. The Balaban J connectivity index is 1.77. The standard InChI is InChI=1S/C30H28N2O2/c1-3-20-34-28-19-18-27(22-31-28)32-29(33)30(25-10-6-4-7-11-25,26-12-8-5-9-13-26)21-24-16-14-23(2)15-17-24/h3-19,22H,1,20-21H2,2H3,(H,32,33). The molecule has 34 heavy (non-hydrogen) atoms. The van der Waals surface area contributed by atoms with E-state index in [4.69, 9.17) is 4.74 Å². The highest BCUT2D eigenvalue weighted by Gasteiger charge is 2.42. The lowest BCUT2D eigenvalue weighted by atomic mass is 9.69. The van der Waals surface area contributed by atoms with E-state index >= 15 is 0 Å². The number of benzene rings is 3. The summed E-state index contributed by atoms with van der Waals surface area (Å²) in [5.74, 6) is 0.363. The first kappa shape index (κ1) is 23.0. The van der Waals surface area contributed by atoms with Crippen molar-refractivity contribution in [3.63, 3.8) is 0 Å². The fourth-order valence-electron chi connectivity index (χ4n) is 4.09. The first-order valence-electron chi connectivity index (χ1n) is 11.3. The van der Waals surface area contributed by atoms with E-state index in [2.05, 4.69) is 48.1 Å². The molecule has 4 aromatic rings. The van der Waals surface area contributed by atoms with Crippen molar-refractivity contribution in [1.82, 2.24) is 4.98 Å². The van der Waals surface area contributed by atoms with Crippen molar-refractivity contribution >= 4 is 11.6 Å². The number of ether oxygens (including phenoxy) is 1. The maximum Gasteiger partial charge on any atom is 0.239 e. The van der Waals surface area contributed by atoms with Crippen molar-refractivity contribution in [2.75, 3.05) is 11.9 Å². The van der Waals surface area contributed by atoms with Gasteiger partial charge in [-0.15, -0.1) is 0 Å². The molecule has 0 aliphatic rings. The fraction of sp³-hybridized carbons (Fsp3) is 0.133. The second-order valence-electron chi connectivity index (χ2n) is 8.24. The summed E-state index contributed by atoms with van der Waals surface area (Å²) in [6, 6.07) is 31.8. The van der Waals surface area contributed by atoms with Crippen molar-refractivity contribution in [3.05, 3.63) is 138 Å². The molecule has 170 valence electrons. The number of carbonyl (C=O) groups is 1. The second-order valence-corrected chi connectivity index (χ2v) is 8.24. The van der Waals surface area contributed by atoms with Gasteiger partial charge in [0.2, 0.25) is 11.8 Å². The molecule has 0 fully saturated rings. The van der Waals surface area contributed by atoms with Crippen LogP contribution in [0, 0.1) is 6.92 Å². The number of aryl methyl sites for hydroxylation is 1. The number of amides is 1. The van der Waals surface area contributed by atoms with Gasteiger partial charge in [-0.2, -0.15) is 0 Å². The molecule has 4 rings (SSSR count). The van der Waals surface area contributed by atoms with Crippen LogP contribution in [0.5, 0.6) is 5.88 Å². The van der Waals surface area contributed by atoms with Gasteiger partial charge in [-0.25, -0.2) is 4.98 Å². The topological polar surface area (TPSA) is 51.2 Å². The zero-order valence-electron chi connectivity index (χ0n) is 19.3. The van der Waals surface area contributed by atoms with Crippen LogP contribution in [0.15, 0.2) is 116 Å². The Morgan fingerprint density at radius 2 is 1.53 bits per heavy atom. The molecule has 0 atom stereocenters. The van der Waals surface area contributed by atoms with Gasteiger partial charge in [0, 0.05) is 6.07 Å². The molecule has 0 aliphatic heterocycles. The van der Waals surface area contributed by atoms with Gasteiger partial charge in [0.25, 0.3) is 0 Å². The first-order valence-corrected chi connectivity index (χ1v) is 11.3. The maximum absolute atomic E-state index is 14.2. The number of hydrogen-bond donors (Lipinski definition) is 1. The Labute approximate surface area is 201 Å². The van der Waals surface area contributed by atoms with Crippen molar-refractivity contribution in [1.29, 1.82) is 0 Å². The molecule has 0 unspecified atom stereocenters. The van der Waals surface area contributed by atoms with Crippen LogP contribution >= 0.6 is 0 Å². The van der Waals surface area contributed by atoms with Crippen LogP contribution in [-0.2, 0) is 16.6 Å². The molecule has 3 aromatic carbocycles. The van der Waals surface area contributed by atoms with Crippen LogP contribution < -0.4 is 10.1 Å². The fourth-order valence-corrected chi connectivity index (χ4v) is 4.09. The normalized spacial score (nSPS) is 11.0. The Kier molecular flexibility index (Phi) is 7.19. The summed E-state index contributed by atoms with van der Waals surface area (Å²) in [6.07, 6.45) is 3.79. The molecule has 0 saturated carbocycles. The summed E-state index contributed by atoms with van der Waals surface area (Å²) in [5, 5.41) is 3.12. The number of nitrogens with one attached hydrogen (secondary N) is 1. The number of carbonyl (C=O) groups excluding carboxylic acids is 1. The molecule has 0 radical (unpaired) electrons. The second kappa shape index (κ2) is 10.6. The average molecular weight is 449 g/mol. The number of hydrogen-bond acceptors (Lipinski definition) is 3. The van der Waals surface area contributed by atoms with Crippen molar-refractivity contribution < 1.29 is 9.53 Å². The van der Waals surface area contributed by atoms with Gasteiger partial charge in [0.05, 0.1) is 11.9 Å². The highest BCUT2D eigenvalue weighted by atomic mass is 16.5. The zero-order valence-corrected chi connectivity index (χ0v) is 19.3. The third-order valence-electron chi connectivity index (χ3n) is 5.85. The van der Waals surface area contributed by atoms with Gasteiger partial charge in [-0.05, 0) is 36.1 Å². The molecule has 0 saturated heterocycles. The van der Waals surface area contributed by atoms with Gasteiger partial charge < -0.3 is 10.1 Å². The number of anilines is 1. The summed E-state index contributed by atoms with van der Waals surface area (Å²) < 4.78 is 5.47. The lowest BCUT2D eigenvalue weighted by molar-refractivity contribution is -0.120. The molecule has 0 spiro atoms. The summed E-state index contributed by atoms with van der Waals surface area (Å²) >= 11 is 0. The molecule has 4 heteroatoms. The third-order valence-corrected chi connectivity index (χ3v) is 5.85. The van der Waals surface area contributed by atoms with Crippen LogP contribution in [0.4, 0.5) is 5.69 Å². The van der Waals surface area contributed by atoms with Crippen molar-refractivity contribution in [3.8, 4) is 5.88 Å². The molecule has 1 aromatic heterocycles. The molecule has 4 nitrogen and oxygen atoms in total. The summed E-state index contributed by atoms with van der Waals surface area (Å²) in [6.45, 7) is 6.09. The van der Waals surface area contributed by atoms with Crippen LogP contribution in [-0.4, -0.2) is 17.5 Å². The van der Waals surface area contributed by atoms with Gasteiger partial charge in [-0.3, -0.25) is 4.79 Å². The van der Waals surface area contributed by atoms with E-state index in [-0.39, 0.29) is 5.91 Å². The lowest BCUT2D eigenvalue weighted by Gasteiger charge is -2.34. The summed E-state index contributed by atoms with van der Waals surface area (Å²) in [7, 11) is 0. The minimum Gasteiger partial charge on any atom is -0.473 e. The first-order chi connectivity index (χ1) is 16.6. The van der Waals surface area contributed by atoms with E-state index in [0.29, 0.717) is 24.6 Å². The molecular weight excluding hydrogens is 420 g/mol. The molecule has 1 heterocycles. The maximum atomic E-state index is 14.2. The monoisotopic (exact) mass is 448 g/mol. The Morgan fingerprint density at radius 1 is 0.912 bits per heavy atom. The van der Waals surface area contributed by atoms with Crippen molar-refractivity contribution in [2.24, 2.45) is 0 Å². The Morgan fingerprint density at radius 3 is 2.06 bits per heavy atom. The van der Waals surface area contributed by atoms with Crippen LogP contribution in [0.2, 0.25) is 0 Å². The van der Waals surface area contributed by atoms with Gasteiger partial charge in [0.1, 0.15) is 12.0 Å². The third kappa shape index (κ3) is 5.07. The predicted molar refractivity (Wildman–Crippen MR) is 137 cm³/mol. The summed E-state index contributed by atoms with van der Waals surface area (Å²) in [5.41, 5.74) is 3.80. The van der Waals surface area contributed by atoms with Gasteiger partial charge in [-0.1, -0.05) is 103 Å². The van der Waals surface area contributed by atoms with E-state index in [0.717, 1.165) is 16.7 Å². The molecule has 0 bridgehead atoms. The van der Waals surface area contributed by atoms with Crippen LogP contribution in [0.25, 0.3) is 0 Å². The number of rotatable bonds is 9. The van der Waals surface area contributed by atoms with E-state index in [1.54, 1.807) is 24.4 Å². The van der Waals surface area contributed by atoms with Gasteiger partial charge >= 0.3 is 0 Å². The zero-order chi connectivity index (χ0) is 23.8. The summed E-state index contributed by atoms with van der Waals surface area (Å²) in [4.78, 5) is 18.5. The minimum atomic E-state index is -0.935. The molecular formula is C30H28N2O2. The van der Waals surface area contributed by atoms with E-state index < -0.39 is 5.41 Å². The highest BCUT2D eigenvalue weighted by Crippen LogP contribution is 2.37. The molecule has 1 amide bonds. The predicted octanol–water partition coefficient (Wildman–Crippen LogP) is 6.12. The lowest BCUT2D eigenvalue weighted by Crippen LogP contribution is -2.43. The Hall–Kier alpha value is -4.18. The highest BCUT2D eigenvalue weighted by molar-refractivity contribution is 6.02. The van der Waals surface area contributed by atoms with Crippen LogP contribution in [0.1, 0.15) is 22.3 Å². The number of aromatic nitrogens is 1. The SMILES string of the molecule is C=CCOc1ccc(NC(=O)C(Cc2ccc(C)cc2)(c2ccccc2)c2ccccc2)cn1. The smallest absolute Gasteiger partial charge is 0.239 e. The minimum absolute atomic E-state index is 0.118. The molecule has 1 N–H and O–H groups in total. The Bertz CT molecular complexity index is 1180. The average Bonchev–Trinajstić information content (AvgIpc) is 2.89.